The van der Waals surface area contributed by atoms with Gasteiger partial charge in [-0.3, -0.25) is 0 Å². The lowest BCUT2D eigenvalue weighted by atomic mass is 10.2. The molecule has 0 heterocycles. The second kappa shape index (κ2) is 6.01. The van der Waals surface area contributed by atoms with Crippen molar-refractivity contribution in [3.05, 3.63) is 53.1 Å². The largest absolute Gasteiger partial charge is 0.457 e. The lowest BCUT2D eigenvalue weighted by Gasteiger charge is -2.09. The van der Waals surface area contributed by atoms with Gasteiger partial charge in [0.15, 0.2) is 9.84 Å². The Morgan fingerprint density at radius 3 is 2.43 bits per heavy atom. The summed E-state index contributed by atoms with van der Waals surface area (Å²) in [5, 5.41) is 0.374. The van der Waals surface area contributed by atoms with Gasteiger partial charge >= 0.3 is 0 Å². The first-order valence-corrected chi connectivity index (χ1v) is 8.52. The lowest BCUT2D eigenvalue weighted by molar-refractivity contribution is 0.481. The smallest absolute Gasteiger partial charge is 0.175 e. The highest BCUT2D eigenvalue weighted by atomic mass is 35.5. The zero-order chi connectivity index (χ0) is 15.6. The minimum atomic E-state index is -3.28. The molecule has 0 saturated heterocycles. The Labute approximate surface area is 133 Å². The molecule has 0 bridgehead atoms. The fourth-order valence-electron chi connectivity index (χ4n) is 1.66. The Balaban J connectivity index is 2.31. The predicted molar refractivity (Wildman–Crippen MR) is 87.0 cm³/mol. The van der Waals surface area contributed by atoms with E-state index in [2.05, 4.69) is 0 Å². The number of hydrogen-bond donors (Lipinski definition) is 1. The van der Waals surface area contributed by atoms with Gasteiger partial charge in [-0.25, -0.2) is 8.42 Å². The SMILES string of the molecule is CS(=O)(=O)c1cccc(Oc2ccc(C(N)=S)c(Cl)c2)c1. The standard InChI is InChI=1S/C14H12ClNO3S2/c1-21(17,18)11-4-2-3-9(7-11)19-10-5-6-12(14(16)20)13(15)8-10/h2-8H,1H3,(H2,16,20). The van der Waals surface area contributed by atoms with Gasteiger partial charge in [-0.2, -0.15) is 0 Å². The maximum Gasteiger partial charge on any atom is 0.175 e. The van der Waals surface area contributed by atoms with Crippen LogP contribution >= 0.6 is 23.8 Å². The Bertz CT molecular complexity index is 804. The fraction of sp³-hybridized carbons (Fsp3) is 0.0714. The summed E-state index contributed by atoms with van der Waals surface area (Å²) in [6.07, 6.45) is 1.14. The first kappa shape index (κ1) is 15.8. The van der Waals surface area contributed by atoms with Gasteiger partial charge in [0, 0.05) is 17.9 Å². The Kier molecular flexibility index (Phi) is 4.51. The summed E-state index contributed by atoms with van der Waals surface area (Å²) >= 11 is 10.9. The number of halogens is 1. The predicted octanol–water partition coefficient (Wildman–Crippen LogP) is 3.17. The molecule has 2 N–H and O–H groups in total. The van der Waals surface area contributed by atoms with Crippen LogP contribution < -0.4 is 10.5 Å². The second-order valence-corrected chi connectivity index (χ2v) is 7.22. The average Bonchev–Trinajstić information content (AvgIpc) is 2.37. The van der Waals surface area contributed by atoms with Crippen molar-refractivity contribution in [3.63, 3.8) is 0 Å². The van der Waals surface area contributed by atoms with Gasteiger partial charge in [0.1, 0.15) is 16.5 Å². The van der Waals surface area contributed by atoms with Gasteiger partial charge < -0.3 is 10.5 Å². The van der Waals surface area contributed by atoms with Crippen LogP contribution in [0.15, 0.2) is 47.4 Å². The normalized spacial score (nSPS) is 11.1. The molecule has 0 fully saturated rings. The first-order valence-electron chi connectivity index (χ1n) is 5.85. The van der Waals surface area contributed by atoms with Crippen molar-refractivity contribution in [2.24, 2.45) is 5.73 Å². The summed E-state index contributed by atoms with van der Waals surface area (Å²) in [5.74, 6) is 0.864. The number of benzene rings is 2. The van der Waals surface area contributed by atoms with Crippen LogP contribution in [0.4, 0.5) is 0 Å². The molecule has 2 rings (SSSR count). The number of hydrogen-bond acceptors (Lipinski definition) is 4. The lowest BCUT2D eigenvalue weighted by Crippen LogP contribution is -2.09. The number of nitrogens with two attached hydrogens (primary N) is 1. The van der Waals surface area contributed by atoms with Crippen molar-refractivity contribution < 1.29 is 13.2 Å². The minimum Gasteiger partial charge on any atom is -0.457 e. The van der Waals surface area contributed by atoms with Crippen LogP contribution in [0.2, 0.25) is 5.02 Å². The summed E-state index contributed by atoms with van der Waals surface area (Å²) in [5.41, 5.74) is 6.08. The summed E-state index contributed by atoms with van der Waals surface area (Å²) < 4.78 is 28.6. The van der Waals surface area contributed by atoms with Crippen molar-refractivity contribution in [1.29, 1.82) is 0 Å². The molecule has 2 aromatic rings. The van der Waals surface area contributed by atoms with E-state index in [4.69, 9.17) is 34.3 Å². The number of thiocarbonyl (C=S) groups is 1. The molecule has 21 heavy (non-hydrogen) atoms. The quantitative estimate of drug-likeness (QED) is 0.865. The summed E-state index contributed by atoms with van der Waals surface area (Å²) in [7, 11) is -3.28. The van der Waals surface area contributed by atoms with Crippen molar-refractivity contribution >= 4 is 38.6 Å². The average molecular weight is 342 g/mol. The molecule has 0 atom stereocenters. The van der Waals surface area contributed by atoms with E-state index in [0.717, 1.165) is 6.26 Å². The van der Waals surface area contributed by atoms with Crippen LogP contribution in [0, 0.1) is 0 Å². The topological polar surface area (TPSA) is 69.4 Å². The maximum atomic E-state index is 11.5. The zero-order valence-corrected chi connectivity index (χ0v) is 13.4. The molecule has 0 unspecified atom stereocenters. The molecule has 0 aliphatic carbocycles. The highest BCUT2D eigenvalue weighted by molar-refractivity contribution is 7.90. The van der Waals surface area contributed by atoms with Crippen LogP contribution in [0.5, 0.6) is 11.5 Å². The third kappa shape index (κ3) is 3.93. The molecule has 0 saturated carbocycles. The molecule has 4 nitrogen and oxygen atoms in total. The molecule has 0 amide bonds. The molecule has 0 aromatic heterocycles. The van der Waals surface area contributed by atoms with Crippen LogP contribution in [0.25, 0.3) is 0 Å². The molecule has 7 heteroatoms. The number of sulfone groups is 1. The molecule has 110 valence electrons. The molecule has 0 spiro atoms. The molecule has 0 aliphatic rings. The van der Waals surface area contributed by atoms with E-state index in [1.54, 1.807) is 30.3 Å². The Hall–Kier alpha value is -1.63. The van der Waals surface area contributed by atoms with E-state index in [1.807, 2.05) is 0 Å². The van der Waals surface area contributed by atoms with E-state index in [0.29, 0.717) is 22.1 Å². The van der Waals surface area contributed by atoms with Crippen LogP contribution in [-0.2, 0) is 9.84 Å². The van der Waals surface area contributed by atoms with Crippen LogP contribution in [-0.4, -0.2) is 19.7 Å². The van der Waals surface area contributed by atoms with Crippen molar-refractivity contribution in [3.8, 4) is 11.5 Å². The highest BCUT2D eigenvalue weighted by Gasteiger charge is 2.09. The molecule has 0 radical (unpaired) electrons. The maximum absolute atomic E-state index is 11.5. The number of ether oxygens (including phenoxy) is 1. The van der Waals surface area contributed by atoms with E-state index >= 15 is 0 Å². The molecule has 2 aromatic carbocycles. The molecular weight excluding hydrogens is 330 g/mol. The fourth-order valence-corrected chi connectivity index (χ4v) is 2.83. The van der Waals surface area contributed by atoms with E-state index in [1.165, 1.54) is 12.1 Å². The van der Waals surface area contributed by atoms with Crippen molar-refractivity contribution in [2.75, 3.05) is 6.26 Å². The van der Waals surface area contributed by atoms with Gasteiger partial charge in [0.2, 0.25) is 0 Å². The summed E-state index contributed by atoms with van der Waals surface area (Å²) in [6, 6.07) is 11.1. The zero-order valence-electron chi connectivity index (χ0n) is 11.0. The van der Waals surface area contributed by atoms with Crippen molar-refractivity contribution in [2.45, 2.75) is 4.90 Å². The van der Waals surface area contributed by atoms with Crippen LogP contribution in [0.1, 0.15) is 5.56 Å². The monoisotopic (exact) mass is 341 g/mol. The highest BCUT2D eigenvalue weighted by Crippen LogP contribution is 2.28. The summed E-state index contributed by atoms with van der Waals surface area (Å²) in [4.78, 5) is 0.386. The number of rotatable bonds is 4. The van der Waals surface area contributed by atoms with Crippen LogP contribution in [0.3, 0.4) is 0 Å². The van der Waals surface area contributed by atoms with Gasteiger partial charge in [0.05, 0.1) is 9.92 Å². The molecule has 0 aliphatic heterocycles. The third-order valence-electron chi connectivity index (χ3n) is 2.68. The van der Waals surface area contributed by atoms with Gasteiger partial charge in [-0.05, 0) is 30.3 Å². The van der Waals surface area contributed by atoms with E-state index in [-0.39, 0.29) is 9.88 Å². The van der Waals surface area contributed by atoms with E-state index in [9.17, 15) is 8.42 Å². The third-order valence-corrected chi connectivity index (χ3v) is 4.32. The second-order valence-electron chi connectivity index (χ2n) is 4.35. The van der Waals surface area contributed by atoms with E-state index < -0.39 is 9.84 Å². The van der Waals surface area contributed by atoms with Gasteiger partial charge in [-0.1, -0.05) is 29.9 Å². The summed E-state index contributed by atoms with van der Waals surface area (Å²) in [6.45, 7) is 0. The first-order chi connectivity index (χ1) is 9.77. The molecular formula is C14H12ClNO3S2. The minimum absolute atomic E-state index is 0.186. The van der Waals surface area contributed by atoms with Crippen molar-refractivity contribution in [1.82, 2.24) is 0 Å². The Morgan fingerprint density at radius 1 is 1.19 bits per heavy atom. The van der Waals surface area contributed by atoms with Gasteiger partial charge in [0.25, 0.3) is 0 Å². The Morgan fingerprint density at radius 2 is 1.86 bits per heavy atom. The van der Waals surface area contributed by atoms with Gasteiger partial charge in [-0.15, -0.1) is 0 Å².